The van der Waals surface area contributed by atoms with Gasteiger partial charge in [0.1, 0.15) is 0 Å². The van der Waals surface area contributed by atoms with E-state index in [1.54, 1.807) is 0 Å². The van der Waals surface area contributed by atoms with Gasteiger partial charge in [0.2, 0.25) is 0 Å². The molecule has 5 aromatic rings. The molecule has 24 heteroatoms. The minimum Gasteiger partial charge on any atom is -0.469 e. The van der Waals surface area contributed by atoms with Crippen LogP contribution in [0.5, 0.6) is 0 Å². The van der Waals surface area contributed by atoms with Crippen LogP contribution in [0.3, 0.4) is 0 Å². The molecule has 0 N–H and O–H groups in total. The summed E-state index contributed by atoms with van der Waals surface area (Å²) in [7, 11) is 1.37. The average molecular weight is 1260 g/mol. The summed E-state index contributed by atoms with van der Waals surface area (Å²) in [4.78, 5) is 20.4. The van der Waals surface area contributed by atoms with Crippen LogP contribution in [0.4, 0.5) is 90.4 Å². The minimum absolute atomic E-state index is 0. The van der Waals surface area contributed by atoms with E-state index < -0.39 is 112 Å². The third-order valence-corrected chi connectivity index (χ3v) is 12.2. The molecule has 0 saturated heterocycles. The van der Waals surface area contributed by atoms with Gasteiger partial charge in [-0.3, -0.25) is 14.8 Å². The first-order valence-electron chi connectivity index (χ1n) is 24.5. The third kappa shape index (κ3) is 20.1. The summed E-state index contributed by atoms with van der Waals surface area (Å²) in [6, 6.07) is 10.2. The second kappa shape index (κ2) is 28.1. The maximum atomic E-state index is 13.5. The zero-order chi connectivity index (χ0) is 61.4. The fourth-order valence-corrected chi connectivity index (χ4v) is 8.04. The summed E-state index contributed by atoms with van der Waals surface area (Å²) in [6.45, 7) is 22.7. The number of carbonyl (C=O) groups is 1. The quantitative estimate of drug-likeness (QED) is 0.0411. The van der Waals surface area contributed by atoms with Gasteiger partial charge in [0.15, 0.2) is 0 Å². The maximum absolute atomic E-state index is 13.5. The summed E-state index contributed by atoms with van der Waals surface area (Å²) in [5, 5.41) is 0. The molecule has 0 atom stereocenters. The Kier molecular flexibility index (Phi) is 24.8. The first-order valence-corrected chi connectivity index (χ1v) is 24.5. The van der Waals surface area contributed by atoms with Crippen molar-refractivity contribution in [2.24, 2.45) is 9.98 Å². The summed E-state index contributed by atoms with van der Waals surface area (Å²) in [6.07, 6.45) is -33.0. The number of halogens is 18. The Morgan fingerprint density at radius 3 is 0.802 bits per heavy atom. The molecule has 0 unspecified atom stereocenters. The minimum atomic E-state index is -5.67. The molecule has 0 bridgehead atoms. The molecule has 5 aromatic carbocycles. The van der Waals surface area contributed by atoms with Crippen LogP contribution >= 0.6 is 0 Å². The number of carbonyl (C=O) groups excluding carboxylic acids is 1. The molecule has 5 rings (SSSR count). The number of nitrogens with zero attached hydrogens (tertiary/aromatic N) is 2. The topological polar surface area (TPSA) is 51.0 Å². The number of alkyl halides is 18. The Morgan fingerprint density at radius 2 is 0.654 bits per heavy atom. The number of benzene rings is 5. The number of aliphatic imine (C=N–C) groups is 2. The molecule has 0 spiro atoms. The van der Waals surface area contributed by atoms with Crippen LogP contribution in [0, 0.1) is 6.92 Å². The molecule has 1 radical (unpaired) electrons. The summed E-state index contributed by atoms with van der Waals surface area (Å²) < 4.78 is 248. The first-order chi connectivity index (χ1) is 36.4. The van der Waals surface area contributed by atoms with E-state index in [0.29, 0.717) is 36.5 Å². The number of ether oxygens (including phenoxy) is 1. The predicted octanol–water partition coefficient (Wildman–Crippen LogP) is 18.2. The summed E-state index contributed by atoms with van der Waals surface area (Å²) >= 11 is 0. The number of hydrogen-bond acceptors (Lipinski definition) is 4. The normalized spacial score (nSPS) is 13.1. The number of esters is 1. The number of rotatable bonds is 12. The van der Waals surface area contributed by atoms with Gasteiger partial charge >= 0.3 is 63.4 Å². The van der Waals surface area contributed by atoms with E-state index in [9.17, 15) is 83.8 Å². The van der Waals surface area contributed by atoms with Crippen molar-refractivity contribution in [2.75, 3.05) is 7.11 Å². The Labute approximate surface area is 472 Å². The van der Waals surface area contributed by atoms with Gasteiger partial charge in [-0.2, -0.15) is 85.4 Å². The molecule has 0 fully saturated rings. The molecule has 0 aromatic heterocycles. The zero-order valence-electron chi connectivity index (χ0n) is 45.5. The average Bonchev–Trinajstić information content (AvgIpc) is 3.32. The van der Waals surface area contributed by atoms with Crippen LogP contribution in [-0.2, 0) is 67.0 Å². The van der Waals surface area contributed by atoms with E-state index in [1.807, 2.05) is 0 Å². The SMILES string of the molecule is CC(=Nc1c(C(C)C)cccc1C(C)C)C(C)=Nc1c(C(C)C)cccc1C(C)C.FC(F)(F)c1cc([B-](c2cc(C(F)(F)F)cc(C(F)(F)F)c2)c2cc(C(F)(F)F)cc(C(F)(F)F)c2)cc(C(F)(F)F)c1.[CH2-]CCC(=O)OC.[Pd+2]. The van der Waals surface area contributed by atoms with Crippen molar-refractivity contribution in [1.82, 2.24) is 0 Å². The molecule has 0 heterocycles. The van der Waals surface area contributed by atoms with Crippen molar-refractivity contribution in [1.29, 1.82) is 0 Å². The Balaban J connectivity index is 0.000000512. The largest absolute Gasteiger partial charge is 2.00 e. The monoisotopic (exact) mass is 1260 g/mol. The Hall–Kier alpha value is -5.62. The number of para-hydroxylation sites is 2. The standard InChI is InChI=1S/C28H40N2.C24H9BF18.C5H9O2.Pd/c1-17(2)23-13-11-14-24(18(3)4)27(23)29-21(9)22(10)30-28-25(19(5)6)15-12-16-26(28)20(7)8;26-19(27,28)10-1-11(20(29,30)31)5-16(4-10)25(17-6-12(21(32,33)34)2-13(7-17)22(35,36)37)18-8-14(23(38,39)40)3-15(9-18)24(41,42)43;1-3-4-5(6)7-2;/h11-20H,1-10H3;1-9H;1,3-4H2,2H3;/q;2*-1;+2. The van der Waals surface area contributed by atoms with Crippen LogP contribution in [-0.4, -0.2) is 31.2 Å². The molecule has 4 nitrogen and oxygen atoms in total. The molecule has 81 heavy (non-hydrogen) atoms. The van der Waals surface area contributed by atoms with Gasteiger partial charge in [0, 0.05) is 6.42 Å². The van der Waals surface area contributed by atoms with Crippen LogP contribution in [0.15, 0.2) is 101 Å². The van der Waals surface area contributed by atoms with Crippen LogP contribution in [0.2, 0.25) is 0 Å². The van der Waals surface area contributed by atoms with Gasteiger partial charge < -0.3 is 11.7 Å². The third-order valence-electron chi connectivity index (χ3n) is 12.2. The van der Waals surface area contributed by atoms with E-state index in [0.717, 1.165) is 22.8 Å². The zero-order valence-corrected chi connectivity index (χ0v) is 47.1. The van der Waals surface area contributed by atoms with Crippen LogP contribution < -0.4 is 16.4 Å². The fraction of sp³-hybridized carbons (Fsp3) is 0.404. The maximum Gasteiger partial charge on any atom is 2.00 e. The Morgan fingerprint density at radius 1 is 0.444 bits per heavy atom. The van der Waals surface area contributed by atoms with Crippen LogP contribution in [0.25, 0.3) is 0 Å². The van der Waals surface area contributed by atoms with Crippen molar-refractivity contribution in [3.05, 3.63) is 154 Å². The van der Waals surface area contributed by atoms with Gasteiger partial charge in [-0.25, -0.2) is 16.4 Å². The fourth-order valence-electron chi connectivity index (χ4n) is 8.04. The predicted molar refractivity (Wildman–Crippen MR) is 275 cm³/mol. The Bertz CT molecular complexity index is 2580. The second-order valence-electron chi connectivity index (χ2n) is 19.7. The summed E-state index contributed by atoms with van der Waals surface area (Å²) in [5.41, 5.74) is -8.31. The number of hydrogen-bond donors (Lipinski definition) is 0. The van der Waals surface area contributed by atoms with Crippen molar-refractivity contribution >= 4 is 51.9 Å². The molecule has 0 aliphatic carbocycles. The summed E-state index contributed by atoms with van der Waals surface area (Å²) in [5.74, 6) is 1.54. The van der Waals surface area contributed by atoms with Gasteiger partial charge in [0.25, 0.3) is 0 Å². The molecule has 447 valence electrons. The van der Waals surface area contributed by atoms with Crippen molar-refractivity contribution in [2.45, 2.75) is 143 Å². The van der Waals surface area contributed by atoms with Crippen molar-refractivity contribution < 1.29 is 109 Å². The van der Waals surface area contributed by atoms with E-state index in [4.69, 9.17) is 9.98 Å². The molecule has 0 aliphatic heterocycles. The second-order valence-corrected chi connectivity index (χ2v) is 19.7. The molecular formula is C57H58BF18N2O2Pd. The smallest absolute Gasteiger partial charge is 0.469 e. The van der Waals surface area contributed by atoms with Gasteiger partial charge in [-0.1, -0.05) is 128 Å². The molecule has 0 amide bonds. The molecule has 0 aliphatic rings. The molecule has 0 saturated carbocycles. The number of methoxy groups -OCH3 is 1. The van der Waals surface area contributed by atoms with E-state index in [-0.39, 0.29) is 62.8 Å². The van der Waals surface area contributed by atoms with Gasteiger partial charge in [-0.05, 0) is 84.7 Å². The van der Waals surface area contributed by atoms with E-state index in [1.165, 1.54) is 29.4 Å². The van der Waals surface area contributed by atoms with Crippen molar-refractivity contribution in [3.8, 4) is 0 Å². The molecular weight excluding hydrogens is 1200 g/mol. The van der Waals surface area contributed by atoms with E-state index >= 15 is 0 Å². The van der Waals surface area contributed by atoms with Crippen LogP contribution in [0.1, 0.15) is 161 Å². The van der Waals surface area contributed by atoms with Gasteiger partial charge in [0.05, 0.1) is 63.3 Å². The first kappa shape index (κ1) is 71.5. The van der Waals surface area contributed by atoms with E-state index in [2.05, 4.69) is 117 Å². The van der Waals surface area contributed by atoms with Gasteiger partial charge in [-0.15, -0.1) is 0 Å². The van der Waals surface area contributed by atoms with Crippen molar-refractivity contribution in [3.63, 3.8) is 0 Å².